The van der Waals surface area contributed by atoms with Crippen LogP contribution in [0.2, 0.25) is 0 Å². The lowest BCUT2D eigenvalue weighted by molar-refractivity contribution is -0.394. The smallest absolute Gasteiger partial charge is 0.318 e. The number of fused-ring (bicyclic) bond motifs is 1. The Morgan fingerprint density at radius 3 is 2.29 bits per heavy atom. The molecule has 0 aliphatic heterocycles. The molecule has 0 bridgehead atoms. The van der Waals surface area contributed by atoms with Crippen molar-refractivity contribution in [2.45, 2.75) is 0 Å². The molecule has 0 spiro atoms. The standard InChI is InChI=1S/C26H17N3O6/c1-34-26-13-17(12-21(16-27)20-8-7-18-4-2-3-5-19(18)14-20)6-10-25(26)35-24-11-9-22(28(30)31)15-23(24)29(32)33/h2-15H,1H3/b21-12-. The molecule has 4 aromatic rings. The number of allylic oxidation sites excluding steroid dienone is 1. The van der Waals surface area contributed by atoms with E-state index in [1.54, 1.807) is 24.3 Å². The molecule has 4 rings (SSSR count). The van der Waals surface area contributed by atoms with Gasteiger partial charge < -0.3 is 9.47 Å². The molecule has 172 valence electrons. The van der Waals surface area contributed by atoms with Crippen LogP contribution in [0.1, 0.15) is 11.1 Å². The SMILES string of the molecule is COc1cc(/C=C(/C#N)c2ccc3ccccc3c2)ccc1Oc1ccc([N+](=O)[O-])cc1[N+](=O)[O-]. The fourth-order valence-corrected chi connectivity index (χ4v) is 3.53. The predicted molar refractivity (Wildman–Crippen MR) is 130 cm³/mol. The van der Waals surface area contributed by atoms with E-state index in [0.717, 1.165) is 34.5 Å². The van der Waals surface area contributed by atoms with Gasteiger partial charge in [-0.2, -0.15) is 5.26 Å². The van der Waals surface area contributed by atoms with Crippen molar-refractivity contribution in [2.75, 3.05) is 7.11 Å². The molecule has 9 nitrogen and oxygen atoms in total. The van der Waals surface area contributed by atoms with Crippen molar-refractivity contribution in [3.8, 4) is 23.3 Å². The molecule has 0 unspecified atom stereocenters. The van der Waals surface area contributed by atoms with Crippen LogP contribution in [0, 0.1) is 31.6 Å². The lowest BCUT2D eigenvalue weighted by Crippen LogP contribution is -1.97. The molecule has 4 aromatic carbocycles. The lowest BCUT2D eigenvalue weighted by atomic mass is 10.00. The van der Waals surface area contributed by atoms with E-state index < -0.39 is 21.2 Å². The summed E-state index contributed by atoms with van der Waals surface area (Å²) in [4.78, 5) is 20.9. The van der Waals surface area contributed by atoms with Crippen LogP contribution in [-0.2, 0) is 0 Å². The van der Waals surface area contributed by atoms with Gasteiger partial charge in [-0.25, -0.2) is 0 Å². The second-order valence-electron chi connectivity index (χ2n) is 7.41. The number of nitro benzene ring substituents is 2. The lowest BCUT2D eigenvalue weighted by Gasteiger charge is -2.11. The van der Waals surface area contributed by atoms with Gasteiger partial charge in [-0.3, -0.25) is 20.2 Å². The van der Waals surface area contributed by atoms with Crippen LogP contribution in [0.15, 0.2) is 78.9 Å². The number of ether oxygens (including phenoxy) is 2. The third-order valence-corrected chi connectivity index (χ3v) is 5.25. The molecule has 0 saturated heterocycles. The summed E-state index contributed by atoms with van der Waals surface area (Å²) >= 11 is 0. The minimum absolute atomic E-state index is 0.170. The van der Waals surface area contributed by atoms with E-state index in [1.807, 2.05) is 42.5 Å². The summed E-state index contributed by atoms with van der Waals surface area (Å²) in [7, 11) is 1.41. The third-order valence-electron chi connectivity index (χ3n) is 5.25. The average Bonchev–Trinajstić information content (AvgIpc) is 2.87. The number of hydrogen-bond acceptors (Lipinski definition) is 7. The summed E-state index contributed by atoms with van der Waals surface area (Å²) in [6, 6.07) is 23.8. The zero-order valence-corrected chi connectivity index (χ0v) is 18.4. The highest BCUT2D eigenvalue weighted by Gasteiger charge is 2.22. The topological polar surface area (TPSA) is 129 Å². The normalized spacial score (nSPS) is 11.0. The first-order chi connectivity index (χ1) is 16.9. The summed E-state index contributed by atoms with van der Waals surface area (Å²) in [6.07, 6.45) is 1.70. The summed E-state index contributed by atoms with van der Waals surface area (Å²) in [5.41, 5.74) is 0.879. The molecule has 0 aromatic heterocycles. The fraction of sp³-hybridized carbons (Fsp3) is 0.0385. The van der Waals surface area contributed by atoms with Crippen molar-refractivity contribution in [3.63, 3.8) is 0 Å². The highest BCUT2D eigenvalue weighted by atomic mass is 16.6. The molecule has 9 heteroatoms. The van der Waals surface area contributed by atoms with Crippen LogP contribution in [0.4, 0.5) is 11.4 Å². The molecule has 0 atom stereocenters. The molecule has 35 heavy (non-hydrogen) atoms. The quantitative estimate of drug-likeness (QED) is 0.131. The molecular weight excluding hydrogens is 450 g/mol. The van der Waals surface area contributed by atoms with Gasteiger partial charge in [-0.1, -0.05) is 42.5 Å². The van der Waals surface area contributed by atoms with Gasteiger partial charge in [0.15, 0.2) is 11.5 Å². The van der Waals surface area contributed by atoms with Crippen molar-refractivity contribution in [3.05, 3.63) is 110 Å². The van der Waals surface area contributed by atoms with Crippen molar-refractivity contribution in [2.24, 2.45) is 0 Å². The number of nitro groups is 2. The van der Waals surface area contributed by atoms with Crippen LogP contribution in [-0.4, -0.2) is 17.0 Å². The average molecular weight is 467 g/mol. The molecule has 0 N–H and O–H groups in total. The number of rotatable bonds is 7. The van der Waals surface area contributed by atoms with E-state index in [-0.39, 0.29) is 17.2 Å². The Kier molecular flexibility index (Phi) is 6.37. The summed E-state index contributed by atoms with van der Waals surface area (Å²) in [5, 5.41) is 34.2. The molecule has 0 heterocycles. The van der Waals surface area contributed by atoms with Gasteiger partial charge in [0, 0.05) is 6.07 Å². The van der Waals surface area contributed by atoms with Gasteiger partial charge in [0.1, 0.15) is 0 Å². The van der Waals surface area contributed by atoms with Crippen LogP contribution >= 0.6 is 0 Å². The van der Waals surface area contributed by atoms with E-state index in [2.05, 4.69) is 6.07 Å². The molecule has 0 aliphatic rings. The van der Waals surface area contributed by atoms with Gasteiger partial charge in [0.05, 0.1) is 34.7 Å². The number of non-ortho nitro benzene ring substituents is 1. The zero-order valence-electron chi connectivity index (χ0n) is 18.4. The summed E-state index contributed by atoms with van der Waals surface area (Å²) in [5.74, 6) is 0.268. The number of nitrogens with zero attached hydrogens (tertiary/aromatic N) is 3. The van der Waals surface area contributed by atoms with Gasteiger partial charge in [0.2, 0.25) is 5.75 Å². The van der Waals surface area contributed by atoms with E-state index in [4.69, 9.17) is 9.47 Å². The van der Waals surface area contributed by atoms with Gasteiger partial charge in [-0.15, -0.1) is 0 Å². The highest BCUT2D eigenvalue weighted by molar-refractivity contribution is 5.94. The van der Waals surface area contributed by atoms with Crippen LogP contribution < -0.4 is 9.47 Å². The highest BCUT2D eigenvalue weighted by Crippen LogP contribution is 2.38. The number of nitriles is 1. The Hall–Kier alpha value is -5.23. The Bertz CT molecular complexity index is 1540. The van der Waals surface area contributed by atoms with E-state index >= 15 is 0 Å². The van der Waals surface area contributed by atoms with E-state index in [1.165, 1.54) is 7.11 Å². The molecule has 0 amide bonds. The van der Waals surface area contributed by atoms with Crippen molar-refractivity contribution >= 4 is 33.8 Å². The third kappa shape index (κ3) is 4.91. The first-order valence-corrected chi connectivity index (χ1v) is 10.3. The first-order valence-electron chi connectivity index (χ1n) is 10.3. The van der Waals surface area contributed by atoms with Gasteiger partial charge in [0.25, 0.3) is 5.69 Å². The van der Waals surface area contributed by atoms with Crippen molar-refractivity contribution in [1.29, 1.82) is 5.26 Å². The number of methoxy groups -OCH3 is 1. The molecule has 0 saturated carbocycles. The maximum Gasteiger partial charge on any atom is 0.318 e. The monoisotopic (exact) mass is 467 g/mol. The number of benzene rings is 4. The van der Waals surface area contributed by atoms with E-state index in [0.29, 0.717) is 11.1 Å². The molecule has 0 aliphatic carbocycles. The van der Waals surface area contributed by atoms with Crippen molar-refractivity contribution < 1.29 is 19.3 Å². The van der Waals surface area contributed by atoms with Crippen LogP contribution in [0.5, 0.6) is 17.2 Å². The zero-order chi connectivity index (χ0) is 24.9. The Morgan fingerprint density at radius 1 is 0.857 bits per heavy atom. The van der Waals surface area contributed by atoms with Crippen LogP contribution in [0.25, 0.3) is 22.4 Å². The molecule has 0 radical (unpaired) electrons. The van der Waals surface area contributed by atoms with Gasteiger partial charge >= 0.3 is 5.69 Å². The Balaban J connectivity index is 1.68. The largest absolute Gasteiger partial charge is 0.493 e. The Labute approximate surface area is 199 Å². The minimum atomic E-state index is -0.755. The maximum atomic E-state index is 11.4. The fourth-order valence-electron chi connectivity index (χ4n) is 3.53. The summed E-state index contributed by atoms with van der Waals surface area (Å²) < 4.78 is 11.1. The maximum absolute atomic E-state index is 11.4. The number of hydrogen-bond donors (Lipinski definition) is 0. The van der Waals surface area contributed by atoms with Crippen LogP contribution in [0.3, 0.4) is 0 Å². The van der Waals surface area contributed by atoms with Gasteiger partial charge in [-0.05, 0) is 52.2 Å². The predicted octanol–water partition coefficient (Wildman–Crippen LogP) is 6.52. The van der Waals surface area contributed by atoms with E-state index in [9.17, 15) is 25.5 Å². The second-order valence-corrected chi connectivity index (χ2v) is 7.41. The minimum Gasteiger partial charge on any atom is -0.493 e. The summed E-state index contributed by atoms with van der Waals surface area (Å²) in [6.45, 7) is 0. The second kappa shape index (κ2) is 9.72. The molecule has 0 fully saturated rings. The van der Waals surface area contributed by atoms with Crippen molar-refractivity contribution in [1.82, 2.24) is 0 Å². The Morgan fingerprint density at radius 2 is 1.60 bits per heavy atom. The first kappa shape index (κ1) is 22.9. The molecular formula is C26H17N3O6.